The highest BCUT2D eigenvalue weighted by Crippen LogP contribution is 2.13. The molecule has 1 aromatic carbocycles. The first kappa shape index (κ1) is 13.6. The van der Waals surface area contributed by atoms with Crippen molar-refractivity contribution in [3.63, 3.8) is 0 Å². The van der Waals surface area contributed by atoms with Crippen LogP contribution < -0.4 is 5.46 Å². The number of benzene rings is 1. The fourth-order valence-electron chi connectivity index (χ4n) is 2.58. The average molecular weight is 247 g/mol. The van der Waals surface area contributed by atoms with Crippen molar-refractivity contribution in [1.29, 1.82) is 0 Å². The third-order valence-electron chi connectivity index (χ3n) is 3.60. The molecule has 0 saturated carbocycles. The first-order valence-corrected chi connectivity index (χ1v) is 6.93. The van der Waals surface area contributed by atoms with Gasteiger partial charge < -0.3 is 10.0 Å². The summed E-state index contributed by atoms with van der Waals surface area (Å²) in [4.78, 5) is 2.47. The van der Waals surface area contributed by atoms with E-state index in [0.29, 0.717) is 5.46 Å². The maximum Gasteiger partial charge on any atom is 0.488 e. The van der Waals surface area contributed by atoms with Crippen molar-refractivity contribution < 1.29 is 10.0 Å². The molecule has 18 heavy (non-hydrogen) atoms. The van der Waals surface area contributed by atoms with Crippen molar-refractivity contribution in [3.05, 3.63) is 29.8 Å². The van der Waals surface area contributed by atoms with E-state index in [1.165, 1.54) is 37.7 Å². The van der Waals surface area contributed by atoms with E-state index in [9.17, 15) is 10.0 Å². The van der Waals surface area contributed by atoms with Crippen LogP contribution in [0.15, 0.2) is 24.3 Å². The summed E-state index contributed by atoms with van der Waals surface area (Å²) in [6.45, 7) is 3.23. The molecular weight excluding hydrogens is 225 g/mol. The molecule has 1 aliphatic heterocycles. The lowest BCUT2D eigenvalue weighted by atomic mass is 9.79. The minimum Gasteiger partial charge on any atom is -0.423 e. The molecule has 1 aromatic rings. The van der Waals surface area contributed by atoms with Crippen LogP contribution in [0.3, 0.4) is 0 Å². The summed E-state index contributed by atoms with van der Waals surface area (Å²) in [5.41, 5.74) is 1.75. The van der Waals surface area contributed by atoms with Crippen molar-refractivity contribution in [3.8, 4) is 0 Å². The van der Waals surface area contributed by atoms with Gasteiger partial charge in [-0.3, -0.25) is 4.90 Å². The number of nitrogens with zero attached hydrogens (tertiary/aromatic N) is 1. The number of rotatable bonds is 3. The summed E-state index contributed by atoms with van der Waals surface area (Å²) in [7, 11) is -1.36. The standard InChI is InChI=1S/C14H22BNO2/c17-15(18)14-8-6-7-13(11-14)12-16-9-4-2-1-3-5-10-16/h6-8,11,17-18H,1-5,9-10,12H2. The fourth-order valence-corrected chi connectivity index (χ4v) is 2.58. The Labute approximate surface area is 110 Å². The molecular formula is C14H22BNO2. The van der Waals surface area contributed by atoms with Gasteiger partial charge in [0.1, 0.15) is 0 Å². The molecule has 0 bridgehead atoms. The monoisotopic (exact) mass is 247 g/mol. The van der Waals surface area contributed by atoms with Gasteiger partial charge in [0.15, 0.2) is 0 Å². The molecule has 2 N–H and O–H groups in total. The molecule has 1 heterocycles. The molecule has 98 valence electrons. The molecule has 0 amide bonds. The van der Waals surface area contributed by atoms with E-state index in [2.05, 4.69) is 11.0 Å². The van der Waals surface area contributed by atoms with Gasteiger partial charge in [-0.1, -0.05) is 43.5 Å². The highest BCUT2D eigenvalue weighted by molar-refractivity contribution is 6.58. The summed E-state index contributed by atoms with van der Waals surface area (Å²) < 4.78 is 0. The normalized spacial score (nSPS) is 18.1. The van der Waals surface area contributed by atoms with Crippen LogP contribution in [0.2, 0.25) is 0 Å². The summed E-state index contributed by atoms with van der Waals surface area (Å²) in [5.74, 6) is 0. The SMILES string of the molecule is OB(O)c1cccc(CN2CCCCCCC2)c1. The van der Waals surface area contributed by atoms with Crippen LogP contribution in [-0.2, 0) is 6.54 Å². The zero-order valence-electron chi connectivity index (χ0n) is 10.9. The Hall–Kier alpha value is -0.835. The van der Waals surface area contributed by atoms with Crippen LogP contribution in [0.25, 0.3) is 0 Å². The van der Waals surface area contributed by atoms with Crippen molar-refractivity contribution in [2.75, 3.05) is 13.1 Å². The molecule has 0 aromatic heterocycles. The molecule has 4 heteroatoms. The van der Waals surface area contributed by atoms with Crippen LogP contribution in [0.5, 0.6) is 0 Å². The zero-order chi connectivity index (χ0) is 12.8. The van der Waals surface area contributed by atoms with Gasteiger partial charge in [0.05, 0.1) is 0 Å². The van der Waals surface area contributed by atoms with Gasteiger partial charge >= 0.3 is 7.12 Å². The maximum absolute atomic E-state index is 9.18. The van der Waals surface area contributed by atoms with E-state index in [4.69, 9.17) is 0 Å². The van der Waals surface area contributed by atoms with Gasteiger partial charge in [-0.25, -0.2) is 0 Å². The average Bonchev–Trinajstić information content (AvgIpc) is 2.33. The lowest BCUT2D eigenvalue weighted by molar-refractivity contribution is 0.240. The van der Waals surface area contributed by atoms with Gasteiger partial charge in [0, 0.05) is 6.54 Å². The molecule has 0 aliphatic carbocycles. The Bertz CT molecular complexity index is 363. The van der Waals surface area contributed by atoms with Gasteiger partial charge in [-0.2, -0.15) is 0 Å². The molecule has 1 fully saturated rings. The topological polar surface area (TPSA) is 43.7 Å². The lowest BCUT2D eigenvalue weighted by Crippen LogP contribution is -2.31. The third-order valence-corrected chi connectivity index (χ3v) is 3.60. The smallest absolute Gasteiger partial charge is 0.423 e. The molecule has 2 rings (SSSR count). The molecule has 0 atom stereocenters. The minimum absolute atomic E-state index is 0.583. The number of hydrogen-bond acceptors (Lipinski definition) is 3. The maximum atomic E-state index is 9.18. The van der Waals surface area contributed by atoms with Crippen LogP contribution in [0, 0.1) is 0 Å². The Morgan fingerprint density at radius 2 is 1.67 bits per heavy atom. The van der Waals surface area contributed by atoms with Crippen molar-refractivity contribution in [1.82, 2.24) is 4.90 Å². The second-order valence-corrected chi connectivity index (χ2v) is 5.16. The first-order valence-electron chi connectivity index (χ1n) is 6.93. The Morgan fingerprint density at radius 1 is 1.00 bits per heavy atom. The van der Waals surface area contributed by atoms with E-state index in [-0.39, 0.29) is 0 Å². The summed E-state index contributed by atoms with van der Waals surface area (Å²) in [6, 6.07) is 7.60. The summed E-state index contributed by atoms with van der Waals surface area (Å²) >= 11 is 0. The third kappa shape index (κ3) is 4.12. The Kier molecular flexibility index (Phi) is 5.23. The van der Waals surface area contributed by atoms with Crippen LogP contribution in [0.1, 0.15) is 37.7 Å². The molecule has 1 aliphatic rings. The molecule has 0 radical (unpaired) electrons. The molecule has 1 saturated heterocycles. The van der Waals surface area contributed by atoms with E-state index in [1.54, 1.807) is 6.07 Å². The van der Waals surface area contributed by atoms with E-state index in [0.717, 1.165) is 19.6 Å². The quantitative estimate of drug-likeness (QED) is 0.787. The highest BCUT2D eigenvalue weighted by atomic mass is 16.4. The highest BCUT2D eigenvalue weighted by Gasteiger charge is 2.13. The second-order valence-electron chi connectivity index (χ2n) is 5.16. The molecule has 0 unspecified atom stereocenters. The van der Waals surface area contributed by atoms with Gasteiger partial charge in [-0.05, 0) is 37.0 Å². The van der Waals surface area contributed by atoms with Crippen LogP contribution in [-0.4, -0.2) is 35.2 Å². The molecule has 3 nitrogen and oxygen atoms in total. The predicted octanol–water partition coefficient (Wildman–Crippen LogP) is 1.13. The number of likely N-dealkylation sites (tertiary alicyclic amines) is 1. The van der Waals surface area contributed by atoms with Crippen molar-refractivity contribution in [2.24, 2.45) is 0 Å². The number of hydrogen-bond donors (Lipinski definition) is 2. The Balaban J connectivity index is 1.96. The predicted molar refractivity (Wildman–Crippen MR) is 74.6 cm³/mol. The van der Waals surface area contributed by atoms with Gasteiger partial charge in [0.2, 0.25) is 0 Å². The van der Waals surface area contributed by atoms with E-state index in [1.807, 2.05) is 12.1 Å². The van der Waals surface area contributed by atoms with Crippen LogP contribution >= 0.6 is 0 Å². The fraction of sp³-hybridized carbons (Fsp3) is 0.571. The largest absolute Gasteiger partial charge is 0.488 e. The second kappa shape index (κ2) is 6.93. The van der Waals surface area contributed by atoms with Gasteiger partial charge in [-0.15, -0.1) is 0 Å². The van der Waals surface area contributed by atoms with E-state index >= 15 is 0 Å². The van der Waals surface area contributed by atoms with E-state index < -0.39 is 7.12 Å². The first-order chi connectivity index (χ1) is 8.75. The minimum atomic E-state index is -1.36. The Morgan fingerprint density at radius 3 is 2.33 bits per heavy atom. The lowest BCUT2D eigenvalue weighted by Gasteiger charge is -2.24. The van der Waals surface area contributed by atoms with Crippen LogP contribution in [0.4, 0.5) is 0 Å². The molecule has 0 spiro atoms. The summed E-state index contributed by atoms with van der Waals surface area (Å²) in [5, 5.41) is 18.4. The van der Waals surface area contributed by atoms with Gasteiger partial charge in [0.25, 0.3) is 0 Å². The van der Waals surface area contributed by atoms with Crippen molar-refractivity contribution >= 4 is 12.6 Å². The zero-order valence-corrected chi connectivity index (χ0v) is 10.9. The van der Waals surface area contributed by atoms with Crippen molar-refractivity contribution in [2.45, 2.75) is 38.6 Å². The summed E-state index contributed by atoms with van der Waals surface area (Å²) in [6.07, 6.45) is 6.61.